The molecule has 0 unspecified atom stereocenters. The first-order valence-electron chi connectivity index (χ1n) is 9.31. The molecule has 2 aromatic rings. The first kappa shape index (κ1) is 22.8. The van der Waals surface area contributed by atoms with Crippen molar-refractivity contribution in [3.8, 4) is 11.5 Å². The van der Waals surface area contributed by atoms with Crippen LogP contribution in [0.15, 0.2) is 42.5 Å². The number of hydrogen-bond donors (Lipinski definition) is 1. The summed E-state index contributed by atoms with van der Waals surface area (Å²) in [5.74, 6) is 0.401. The van der Waals surface area contributed by atoms with Crippen molar-refractivity contribution >= 4 is 40.7 Å². The lowest BCUT2D eigenvalue weighted by atomic mass is 10.3. The quantitative estimate of drug-likeness (QED) is 0.585. The van der Waals surface area contributed by atoms with E-state index in [-0.39, 0.29) is 25.0 Å². The molecule has 2 rings (SSSR count). The number of hydrogen-bond acceptors (Lipinski definition) is 4. The highest BCUT2D eigenvalue weighted by Gasteiger charge is 2.18. The smallest absolute Gasteiger partial charge is 0.260 e. The van der Waals surface area contributed by atoms with Crippen molar-refractivity contribution < 1.29 is 19.1 Å². The van der Waals surface area contributed by atoms with Gasteiger partial charge in [0.15, 0.2) is 18.1 Å². The van der Waals surface area contributed by atoms with Crippen LogP contribution in [0.5, 0.6) is 11.5 Å². The Hall–Kier alpha value is -2.44. The van der Waals surface area contributed by atoms with Crippen molar-refractivity contribution in [3.05, 3.63) is 52.5 Å². The van der Waals surface area contributed by atoms with Gasteiger partial charge in [0.25, 0.3) is 5.91 Å². The summed E-state index contributed by atoms with van der Waals surface area (Å²) in [6.45, 7) is 4.41. The van der Waals surface area contributed by atoms with Gasteiger partial charge in [-0.3, -0.25) is 9.59 Å². The predicted octanol–water partition coefficient (Wildman–Crippen LogP) is 4.65. The Morgan fingerprint density at radius 1 is 1.03 bits per heavy atom. The Morgan fingerprint density at radius 3 is 2.34 bits per heavy atom. The van der Waals surface area contributed by atoms with Gasteiger partial charge in [-0.1, -0.05) is 42.3 Å². The molecule has 29 heavy (non-hydrogen) atoms. The number of para-hydroxylation sites is 2. The Morgan fingerprint density at radius 2 is 1.72 bits per heavy atom. The molecule has 0 saturated heterocycles. The third-order valence-corrected chi connectivity index (χ3v) is 4.43. The molecule has 2 aromatic carbocycles. The zero-order valence-corrected chi connectivity index (χ0v) is 17.9. The van der Waals surface area contributed by atoms with Gasteiger partial charge >= 0.3 is 0 Å². The Kier molecular flexibility index (Phi) is 9.09. The molecule has 0 heterocycles. The van der Waals surface area contributed by atoms with Crippen LogP contribution in [0.1, 0.15) is 20.3 Å². The molecule has 0 atom stereocenters. The number of carbonyl (C=O) groups is 2. The second-order valence-electron chi connectivity index (χ2n) is 6.16. The zero-order valence-electron chi connectivity index (χ0n) is 16.4. The summed E-state index contributed by atoms with van der Waals surface area (Å²) in [5.41, 5.74) is 0.437. The molecule has 0 fully saturated rings. The van der Waals surface area contributed by atoms with Crippen LogP contribution in [0.3, 0.4) is 0 Å². The van der Waals surface area contributed by atoms with Crippen LogP contribution in [0, 0.1) is 0 Å². The molecule has 0 spiro atoms. The van der Waals surface area contributed by atoms with Gasteiger partial charge < -0.3 is 19.7 Å². The summed E-state index contributed by atoms with van der Waals surface area (Å²) in [5, 5.41) is 3.50. The molecule has 1 N–H and O–H groups in total. The van der Waals surface area contributed by atoms with E-state index in [0.29, 0.717) is 46.8 Å². The molecular weight excluding hydrogens is 415 g/mol. The Balaban J connectivity index is 1.97. The normalized spacial score (nSPS) is 10.3. The lowest BCUT2D eigenvalue weighted by molar-refractivity contribution is -0.136. The van der Waals surface area contributed by atoms with Crippen LogP contribution in [0.25, 0.3) is 0 Å². The summed E-state index contributed by atoms with van der Waals surface area (Å²) in [6.07, 6.45) is 0.705. The predicted molar refractivity (Wildman–Crippen MR) is 115 cm³/mol. The maximum absolute atomic E-state index is 12.6. The monoisotopic (exact) mass is 438 g/mol. The highest BCUT2D eigenvalue weighted by atomic mass is 35.5. The largest absolute Gasteiger partial charge is 0.490 e. The fraction of sp³-hybridized carbons (Fsp3) is 0.333. The number of anilines is 1. The standard InChI is InChI=1S/C21H24Cl2N2O4/c1-3-11-25(13-20(26)24-17-10-9-15(22)12-16(17)23)21(27)14-29-19-8-6-5-7-18(19)28-4-2/h5-10,12H,3-4,11,13-14H2,1-2H3,(H,24,26). The number of halogens is 2. The van der Waals surface area contributed by atoms with Crippen molar-refractivity contribution in [3.63, 3.8) is 0 Å². The summed E-state index contributed by atoms with van der Waals surface area (Å²) < 4.78 is 11.1. The van der Waals surface area contributed by atoms with E-state index in [0.717, 1.165) is 0 Å². The van der Waals surface area contributed by atoms with E-state index in [9.17, 15) is 9.59 Å². The molecule has 0 aliphatic heterocycles. The van der Waals surface area contributed by atoms with Crippen LogP contribution in [-0.2, 0) is 9.59 Å². The SMILES string of the molecule is CCCN(CC(=O)Nc1ccc(Cl)cc1Cl)C(=O)COc1ccccc1OCC. The first-order valence-corrected chi connectivity index (χ1v) is 10.1. The molecule has 156 valence electrons. The molecule has 2 amide bonds. The van der Waals surface area contributed by atoms with E-state index < -0.39 is 0 Å². The number of benzene rings is 2. The molecule has 0 aliphatic rings. The molecule has 0 aromatic heterocycles. The highest BCUT2D eigenvalue weighted by Crippen LogP contribution is 2.27. The second kappa shape index (κ2) is 11.5. The maximum atomic E-state index is 12.6. The van der Waals surface area contributed by atoms with Crippen molar-refractivity contribution in [1.82, 2.24) is 4.90 Å². The van der Waals surface area contributed by atoms with E-state index in [2.05, 4.69) is 5.32 Å². The van der Waals surface area contributed by atoms with Crippen LogP contribution >= 0.6 is 23.2 Å². The lowest BCUT2D eigenvalue weighted by Crippen LogP contribution is -2.41. The third kappa shape index (κ3) is 7.15. The molecule has 0 radical (unpaired) electrons. The van der Waals surface area contributed by atoms with Crippen molar-refractivity contribution in [2.45, 2.75) is 20.3 Å². The van der Waals surface area contributed by atoms with E-state index in [4.69, 9.17) is 32.7 Å². The van der Waals surface area contributed by atoms with Crippen molar-refractivity contribution in [1.29, 1.82) is 0 Å². The fourth-order valence-corrected chi connectivity index (χ4v) is 3.05. The van der Waals surface area contributed by atoms with E-state index in [1.807, 2.05) is 19.9 Å². The topological polar surface area (TPSA) is 67.9 Å². The van der Waals surface area contributed by atoms with Crippen LogP contribution < -0.4 is 14.8 Å². The highest BCUT2D eigenvalue weighted by molar-refractivity contribution is 6.36. The lowest BCUT2D eigenvalue weighted by Gasteiger charge is -2.22. The van der Waals surface area contributed by atoms with Gasteiger partial charge in [-0.15, -0.1) is 0 Å². The summed E-state index contributed by atoms with van der Waals surface area (Å²) in [4.78, 5) is 26.5. The molecule has 0 saturated carbocycles. The summed E-state index contributed by atoms with van der Waals surface area (Å²) >= 11 is 11.9. The Labute approximate surface area is 180 Å². The van der Waals surface area contributed by atoms with Gasteiger partial charge in [0.05, 0.1) is 23.9 Å². The van der Waals surface area contributed by atoms with Crippen molar-refractivity contribution in [2.24, 2.45) is 0 Å². The van der Waals surface area contributed by atoms with Gasteiger partial charge in [-0.05, 0) is 43.7 Å². The minimum absolute atomic E-state index is 0.109. The molecular formula is C21H24Cl2N2O4. The molecule has 8 heteroatoms. The molecule has 6 nitrogen and oxygen atoms in total. The average Bonchev–Trinajstić information content (AvgIpc) is 2.69. The number of amides is 2. The summed E-state index contributed by atoms with van der Waals surface area (Å²) in [6, 6.07) is 11.9. The fourth-order valence-electron chi connectivity index (χ4n) is 2.59. The first-order chi connectivity index (χ1) is 13.9. The van der Waals surface area contributed by atoms with Gasteiger partial charge in [0, 0.05) is 11.6 Å². The zero-order chi connectivity index (χ0) is 21.2. The van der Waals surface area contributed by atoms with Crippen molar-refractivity contribution in [2.75, 3.05) is 31.6 Å². The maximum Gasteiger partial charge on any atom is 0.260 e. The minimum Gasteiger partial charge on any atom is -0.490 e. The summed E-state index contributed by atoms with van der Waals surface area (Å²) in [7, 11) is 0. The minimum atomic E-state index is -0.356. The van der Waals surface area contributed by atoms with E-state index in [1.165, 1.54) is 11.0 Å². The Bertz CT molecular complexity index is 845. The second-order valence-corrected chi connectivity index (χ2v) is 7.00. The van der Waals surface area contributed by atoms with Gasteiger partial charge in [0.1, 0.15) is 0 Å². The van der Waals surface area contributed by atoms with Crippen LogP contribution in [0.4, 0.5) is 5.69 Å². The molecule has 0 bridgehead atoms. The van der Waals surface area contributed by atoms with Gasteiger partial charge in [-0.2, -0.15) is 0 Å². The third-order valence-electron chi connectivity index (χ3n) is 3.89. The van der Waals surface area contributed by atoms with E-state index in [1.54, 1.807) is 30.3 Å². The number of nitrogens with zero attached hydrogens (tertiary/aromatic N) is 1. The van der Waals surface area contributed by atoms with Gasteiger partial charge in [-0.25, -0.2) is 0 Å². The number of rotatable bonds is 10. The average molecular weight is 439 g/mol. The van der Waals surface area contributed by atoms with E-state index >= 15 is 0 Å². The number of carbonyl (C=O) groups excluding carboxylic acids is 2. The van der Waals surface area contributed by atoms with Crippen LogP contribution in [0.2, 0.25) is 10.0 Å². The number of ether oxygens (including phenoxy) is 2. The van der Waals surface area contributed by atoms with Crippen LogP contribution in [-0.4, -0.2) is 43.0 Å². The number of nitrogens with one attached hydrogen (secondary N) is 1. The van der Waals surface area contributed by atoms with Gasteiger partial charge in [0.2, 0.25) is 5.91 Å². The molecule has 0 aliphatic carbocycles.